The molecule has 1 heterocycles. The number of ether oxygens (including phenoxy) is 1. The number of aromatic carboxylic acids is 1. The molecular weight excluding hydrogens is 479 g/mol. The van der Waals surface area contributed by atoms with Crippen LogP contribution in [0.1, 0.15) is 57.9 Å². The van der Waals surface area contributed by atoms with Crippen molar-refractivity contribution in [1.29, 1.82) is 0 Å². The zero-order valence-corrected chi connectivity index (χ0v) is 20.1. The quantitative estimate of drug-likeness (QED) is 0.291. The van der Waals surface area contributed by atoms with Crippen molar-refractivity contribution in [2.75, 3.05) is 6.54 Å². The molecule has 4 aromatic rings. The molecule has 3 unspecified atom stereocenters. The van der Waals surface area contributed by atoms with Crippen molar-refractivity contribution in [1.82, 2.24) is 5.32 Å². The topological polar surface area (TPSA) is 58.6 Å². The molecule has 0 spiro atoms. The highest BCUT2D eigenvalue weighted by Gasteiger charge is 2.37. The van der Waals surface area contributed by atoms with Gasteiger partial charge in [-0.1, -0.05) is 66.7 Å². The third kappa shape index (κ3) is 5.04. The number of hydrogen-bond acceptors (Lipinski definition) is 3. The lowest BCUT2D eigenvalue weighted by atomic mass is 9.83. The summed E-state index contributed by atoms with van der Waals surface area (Å²) in [6, 6.07) is 25.2. The van der Waals surface area contributed by atoms with Crippen LogP contribution in [0.2, 0.25) is 0 Å². The molecular formula is C30H26F3NO3. The molecule has 0 bridgehead atoms. The van der Waals surface area contributed by atoms with Crippen molar-refractivity contribution in [3.05, 3.63) is 113 Å². The van der Waals surface area contributed by atoms with Gasteiger partial charge in [0.25, 0.3) is 0 Å². The molecule has 0 fully saturated rings. The number of benzene rings is 4. The van der Waals surface area contributed by atoms with E-state index >= 15 is 0 Å². The lowest BCUT2D eigenvalue weighted by Crippen LogP contribution is -2.37. The van der Waals surface area contributed by atoms with Crippen LogP contribution in [0.4, 0.5) is 13.2 Å². The van der Waals surface area contributed by atoms with Crippen LogP contribution >= 0.6 is 0 Å². The Morgan fingerprint density at radius 1 is 1.03 bits per heavy atom. The lowest BCUT2D eigenvalue weighted by molar-refractivity contribution is -0.138. The van der Waals surface area contributed by atoms with Gasteiger partial charge in [-0.25, -0.2) is 4.79 Å². The Morgan fingerprint density at radius 2 is 1.76 bits per heavy atom. The Balaban J connectivity index is 1.41. The van der Waals surface area contributed by atoms with Crippen molar-refractivity contribution in [2.45, 2.75) is 37.6 Å². The Kier molecular flexibility index (Phi) is 6.65. The van der Waals surface area contributed by atoms with E-state index in [1.54, 1.807) is 0 Å². The van der Waals surface area contributed by atoms with Gasteiger partial charge in [0.1, 0.15) is 11.9 Å². The second kappa shape index (κ2) is 9.90. The van der Waals surface area contributed by atoms with E-state index in [0.717, 1.165) is 23.1 Å². The third-order valence-electron chi connectivity index (χ3n) is 7.01. The van der Waals surface area contributed by atoms with E-state index in [1.807, 2.05) is 42.5 Å². The molecule has 0 aromatic heterocycles. The molecule has 7 heteroatoms. The minimum Gasteiger partial charge on any atom is -0.489 e. The number of carboxylic acids is 1. The molecule has 190 valence electrons. The smallest absolute Gasteiger partial charge is 0.417 e. The number of para-hydroxylation sites is 1. The van der Waals surface area contributed by atoms with E-state index in [0.29, 0.717) is 24.3 Å². The molecule has 1 aliphatic rings. The molecule has 37 heavy (non-hydrogen) atoms. The van der Waals surface area contributed by atoms with Crippen LogP contribution in [0.15, 0.2) is 84.9 Å². The van der Waals surface area contributed by atoms with E-state index in [4.69, 9.17) is 4.74 Å². The fraction of sp³-hybridized carbons (Fsp3) is 0.233. The summed E-state index contributed by atoms with van der Waals surface area (Å²) in [4.78, 5) is 11.7. The average Bonchev–Trinajstić information content (AvgIpc) is 2.90. The highest BCUT2D eigenvalue weighted by Crippen LogP contribution is 2.42. The SMILES string of the molecule is CC(NCC1CC(c2ccc(C(F)(F)F)c(C(=O)O)c2)c2ccccc2O1)c1cccc2ccccc12. The summed E-state index contributed by atoms with van der Waals surface area (Å²) < 4.78 is 46.5. The summed E-state index contributed by atoms with van der Waals surface area (Å²) in [5.74, 6) is -1.25. The van der Waals surface area contributed by atoms with Crippen LogP contribution in [-0.2, 0) is 6.18 Å². The van der Waals surface area contributed by atoms with E-state index < -0.39 is 23.3 Å². The summed E-state index contributed by atoms with van der Waals surface area (Å²) in [5.41, 5.74) is 0.629. The normalized spacial score (nSPS) is 18.2. The van der Waals surface area contributed by atoms with Crippen LogP contribution in [0.3, 0.4) is 0 Å². The summed E-state index contributed by atoms with van der Waals surface area (Å²) in [5, 5.41) is 15.4. The third-order valence-corrected chi connectivity index (χ3v) is 7.01. The first-order chi connectivity index (χ1) is 17.7. The van der Waals surface area contributed by atoms with E-state index in [9.17, 15) is 23.1 Å². The van der Waals surface area contributed by atoms with Crippen LogP contribution in [0, 0.1) is 0 Å². The van der Waals surface area contributed by atoms with Gasteiger partial charge < -0.3 is 15.2 Å². The molecule has 0 saturated carbocycles. The van der Waals surface area contributed by atoms with Crippen LogP contribution in [0.5, 0.6) is 5.75 Å². The van der Waals surface area contributed by atoms with Crippen LogP contribution in [-0.4, -0.2) is 23.7 Å². The fourth-order valence-corrected chi connectivity index (χ4v) is 5.18. The second-order valence-corrected chi connectivity index (χ2v) is 9.37. The molecule has 1 aliphatic heterocycles. The minimum atomic E-state index is -4.75. The summed E-state index contributed by atoms with van der Waals surface area (Å²) in [6.07, 6.45) is -4.51. The van der Waals surface area contributed by atoms with Gasteiger partial charge in [-0.15, -0.1) is 0 Å². The van der Waals surface area contributed by atoms with Crippen LogP contribution < -0.4 is 10.1 Å². The van der Waals surface area contributed by atoms with Crippen molar-refractivity contribution in [3.8, 4) is 5.75 Å². The van der Waals surface area contributed by atoms with Crippen molar-refractivity contribution in [2.24, 2.45) is 0 Å². The van der Waals surface area contributed by atoms with Gasteiger partial charge in [0.15, 0.2) is 0 Å². The van der Waals surface area contributed by atoms with Gasteiger partial charge in [-0.3, -0.25) is 0 Å². The number of fused-ring (bicyclic) bond motifs is 2. The maximum atomic E-state index is 13.4. The van der Waals surface area contributed by atoms with Gasteiger partial charge >= 0.3 is 12.1 Å². The lowest BCUT2D eigenvalue weighted by Gasteiger charge is -2.33. The van der Waals surface area contributed by atoms with E-state index in [1.165, 1.54) is 17.0 Å². The molecule has 5 rings (SSSR count). The van der Waals surface area contributed by atoms with Gasteiger partial charge in [0.05, 0.1) is 11.1 Å². The zero-order chi connectivity index (χ0) is 26.2. The fourth-order valence-electron chi connectivity index (χ4n) is 5.18. The predicted molar refractivity (Wildman–Crippen MR) is 136 cm³/mol. The Morgan fingerprint density at radius 3 is 2.54 bits per heavy atom. The first-order valence-electron chi connectivity index (χ1n) is 12.1. The van der Waals surface area contributed by atoms with Crippen molar-refractivity contribution >= 4 is 16.7 Å². The first-order valence-corrected chi connectivity index (χ1v) is 12.1. The zero-order valence-electron chi connectivity index (χ0n) is 20.1. The Bertz CT molecular complexity index is 1440. The highest BCUT2D eigenvalue weighted by molar-refractivity contribution is 5.90. The molecule has 4 aromatic carbocycles. The monoisotopic (exact) mass is 505 g/mol. The first kappa shape index (κ1) is 24.8. The van der Waals surface area contributed by atoms with E-state index in [-0.39, 0.29) is 18.1 Å². The molecule has 0 aliphatic carbocycles. The second-order valence-electron chi connectivity index (χ2n) is 9.37. The summed E-state index contributed by atoms with van der Waals surface area (Å²) in [6.45, 7) is 2.60. The summed E-state index contributed by atoms with van der Waals surface area (Å²) in [7, 11) is 0. The number of nitrogens with one attached hydrogen (secondary N) is 1. The number of alkyl halides is 3. The number of carbonyl (C=O) groups is 1. The van der Waals surface area contributed by atoms with Crippen molar-refractivity contribution < 1.29 is 27.8 Å². The number of hydrogen-bond donors (Lipinski definition) is 2. The molecule has 3 atom stereocenters. The minimum absolute atomic E-state index is 0.0370. The molecule has 0 radical (unpaired) electrons. The molecule has 4 nitrogen and oxygen atoms in total. The molecule has 0 saturated heterocycles. The van der Waals surface area contributed by atoms with Gasteiger partial charge in [-0.2, -0.15) is 13.2 Å². The Hall–Kier alpha value is -3.84. The van der Waals surface area contributed by atoms with Gasteiger partial charge in [0, 0.05) is 24.1 Å². The highest BCUT2D eigenvalue weighted by atomic mass is 19.4. The molecule has 0 amide bonds. The largest absolute Gasteiger partial charge is 0.489 e. The van der Waals surface area contributed by atoms with Crippen LogP contribution in [0.25, 0.3) is 10.8 Å². The van der Waals surface area contributed by atoms with Crippen molar-refractivity contribution in [3.63, 3.8) is 0 Å². The number of halogens is 3. The maximum Gasteiger partial charge on any atom is 0.417 e. The number of rotatable bonds is 6. The van der Waals surface area contributed by atoms with E-state index in [2.05, 4.69) is 36.5 Å². The average molecular weight is 506 g/mol. The Labute approximate surface area is 212 Å². The maximum absolute atomic E-state index is 13.4. The van der Waals surface area contributed by atoms with Gasteiger partial charge in [-0.05, 0) is 53.4 Å². The standard InChI is InChI=1S/C30H26F3NO3/c1-18(22-11-6-8-19-7-2-3-9-23(19)22)34-17-21-16-25(24-10-4-5-12-28(24)37-21)20-13-14-27(30(31,32)33)26(15-20)29(35)36/h2-15,18,21,25,34H,16-17H2,1H3,(H,35,36). The van der Waals surface area contributed by atoms with Gasteiger partial charge in [0.2, 0.25) is 0 Å². The summed E-state index contributed by atoms with van der Waals surface area (Å²) >= 11 is 0. The number of carboxylic acid groups (broad SMARTS) is 1. The molecule has 2 N–H and O–H groups in total. The predicted octanol–water partition coefficient (Wildman–Crippen LogP) is 7.19.